The lowest BCUT2D eigenvalue weighted by Gasteiger charge is -2.09. The van der Waals surface area contributed by atoms with Gasteiger partial charge in [-0.3, -0.25) is 30.2 Å². The largest absolute Gasteiger partial charge is 0.322 e. The predicted octanol–water partition coefficient (Wildman–Crippen LogP) is 3.72. The molecule has 0 fully saturated rings. The number of rotatable bonds is 4. The van der Waals surface area contributed by atoms with Crippen molar-refractivity contribution in [3.8, 4) is 0 Å². The SMILES string of the molecule is O=C(NNC(=O)c1cccnc1)c1ccc(NC(=O)c2cc(Cl)cc(Cl)c2)cc1. The van der Waals surface area contributed by atoms with Gasteiger partial charge in [0.05, 0.1) is 5.56 Å². The Morgan fingerprint density at radius 1 is 0.724 bits per heavy atom. The van der Waals surface area contributed by atoms with Crippen LogP contribution < -0.4 is 16.2 Å². The second-order valence-corrected chi connectivity index (χ2v) is 6.71. The van der Waals surface area contributed by atoms with E-state index in [0.717, 1.165) is 0 Å². The summed E-state index contributed by atoms with van der Waals surface area (Å²) in [7, 11) is 0. The maximum Gasteiger partial charge on any atom is 0.271 e. The Hall–Kier alpha value is -3.42. The molecule has 146 valence electrons. The highest BCUT2D eigenvalue weighted by molar-refractivity contribution is 6.35. The fourth-order valence-corrected chi connectivity index (χ4v) is 2.87. The molecule has 1 aromatic heterocycles. The third-order valence-corrected chi connectivity index (χ3v) is 4.18. The summed E-state index contributed by atoms with van der Waals surface area (Å²) in [6, 6.07) is 13.8. The Kier molecular flexibility index (Phi) is 6.43. The average Bonchev–Trinajstić information content (AvgIpc) is 2.72. The van der Waals surface area contributed by atoms with Crippen LogP contribution in [0.2, 0.25) is 10.0 Å². The highest BCUT2D eigenvalue weighted by atomic mass is 35.5. The highest BCUT2D eigenvalue weighted by Crippen LogP contribution is 2.20. The number of nitrogens with one attached hydrogen (secondary N) is 3. The van der Waals surface area contributed by atoms with Crippen LogP contribution in [0.25, 0.3) is 0 Å². The van der Waals surface area contributed by atoms with Crippen LogP contribution in [0.5, 0.6) is 0 Å². The van der Waals surface area contributed by atoms with E-state index in [2.05, 4.69) is 21.2 Å². The Balaban J connectivity index is 1.58. The zero-order valence-corrected chi connectivity index (χ0v) is 16.3. The molecule has 0 atom stereocenters. The third-order valence-electron chi connectivity index (χ3n) is 3.74. The van der Waals surface area contributed by atoms with Gasteiger partial charge in [-0.15, -0.1) is 0 Å². The van der Waals surface area contributed by atoms with Gasteiger partial charge < -0.3 is 5.32 Å². The fourth-order valence-electron chi connectivity index (χ4n) is 2.35. The van der Waals surface area contributed by atoms with E-state index in [-0.39, 0.29) is 0 Å². The van der Waals surface area contributed by atoms with E-state index in [0.29, 0.717) is 32.4 Å². The highest BCUT2D eigenvalue weighted by Gasteiger charge is 2.11. The summed E-state index contributed by atoms with van der Waals surface area (Å²) in [5, 5.41) is 3.39. The molecule has 29 heavy (non-hydrogen) atoms. The van der Waals surface area contributed by atoms with Crippen LogP contribution in [-0.4, -0.2) is 22.7 Å². The molecule has 0 unspecified atom stereocenters. The number of anilines is 1. The van der Waals surface area contributed by atoms with E-state index in [1.165, 1.54) is 42.7 Å². The minimum absolute atomic E-state index is 0.292. The van der Waals surface area contributed by atoms with E-state index in [9.17, 15) is 14.4 Å². The van der Waals surface area contributed by atoms with Crippen molar-refractivity contribution in [3.05, 3.63) is 93.7 Å². The summed E-state index contributed by atoms with van der Waals surface area (Å²) in [5.74, 6) is -1.40. The number of aromatic nitrogens is 1. The number of amides is 3. The van der Waals surface area contributed by atoms with Crippen molar-refractivity contribution in [2.24, 2.45) is 0 Å². The first-order valence-corrected chi connectivity index (χ1v) is 9.06. The maximum atomic E-state index is 12.3. The zero-order chi connectivity index (χ0) is 20.8. The first-order chi connectivity index (χ1) is 13.9. The standard InChI is InChI=1S/C20H14Cl2N4O3/c21-15-8-14(9-16(22)10-15)18(27)24-17-5-3-12(4-6-17)19(28)25-26-20(29)13-2-1-7-23-11-13/h1-11H,(H,24,27)(H,25,28)(H,26,29). The summed E-state index contributed by atoms with van der Waals surface area (Å²) >= 11 is 11.8. The number of hydrogen-bond acceptors (Lipinski definition) is 4. The molecule has 3 aromatic rings. The van der Waals surface area contributed by atoms with Crippen molar-refractivity contribution in [1.29, 1.82) is 0 Å². The minimum Gasteiger partial charge on any atom is -0.322 e. The van der Waals surface area contributed by atoms with E-state index in [1.807, 2.05) is 0 Å². The molecule has 0 saturated heterocycles. The Bertz CT molecular complexity index is 1040. The second kappa shape index (κ2) is 9.18. The lowest BCUT2D eigenvalue weighted by atomic mass is 10.1. The summed E-state index contributed by atoms with van der Waals surface area (Å²) in [6.07, 6.45) is 2.92. The van der Waals surface area contributed by atoms with E-state index >= 15 is 0 Å². The molecule has 7 nitrogen and oxygen atoms in total. The average molecular weight is 429 g/mol. The van der Waals surface area contributed by atoms with Crippen LogP contribution in [-0.2, 0) is 0 Å². The van der Waals surface area contributed by atoms with Crippen molar-refractivity contribution < 1.29 is 14.4 Å². The molecule has 0 aliphatic heterocycles. The first-order valence-electron chi connectivity index (χ1n) is 8.30. The first kappa shape index (κ1) is 20.3. The van der Waals surface area contributed by atoms with Crippen LogP contribution >= 0.6 is 23.2 Å². The normalized spacial score (nSPS) is 10.1. The summed E-state index contributed by atoms with van der Waals surface area (Å²) in [6.45, 7) is 0. The second-order valence-electron chi connectivity index (χ2n) is 5.84. The van der Waals surface area contributed by atoms with Gasteiger partial charge in [-0.1, -0.05) is 23.2 Å². The number of carbonyl (C=O) groups excluding carboxylic acids is 3. The Labute approximate surface area is 176 Å². The maximum absolute atomic E-state index is 12.3. The lowest BCUT2D eigenvalue weighted by Crippen LogP contribution is -2.41. The van der Waals surface area contributed by atoms with Crippen molar-refractivity contribution in [2.75, 3.05) is 5.32 Å². The topological polar surface area (TPSA) is 100 Å². The molecule has 0 saturated carbocycles. The van der Waals surface area contributed by atoms with Crippen molar-refractivity contribution >= 4 is 46.6 Å². The van der Waals surface area contributed by atoms with E-state index < -0.39 is 17.7 Å². The molecule has 2 aromatic carbocycles. The molecule has 0 aliphatic carbocycles. The van der Waals surface area contributed by atoms with Crippen molar-refractivity contribution in [3.63, 3.8) is 0 Å². The van der Waals surface area contributed by atoms with E-state index in [1.54, 1.807) is 24.3 Å². The van der Waals surface area contributed by atoms with Crippen LogP contribution in [0.1, 0.15) is 31.1 Å². The summed E-state index contributed by atoms with van der Waals surface area (Å²) in [5.41, 5.74) is 6.00. The summed E-state index contributed by atoms with van der Waals surface area (Å²) in [4.78, 5) is 40.2. The van der Waals surface area contributed by atoms with E-state index in [4.69, 9.17) is 23.2 Å². The molecule has 0 bridgehead atoms. The number of pyridine rings is 1. The van der Waals surface area contributed by atoms with Gasteiger partial charge in [0.25, 0.3) is 17.7 Å². The molecule has 3 N–H and O–H groups in total. The van der Waals surface area contributed by atoms with Crippen LogP contribution in [0.3, 0.4) is 0 Å². The lowest BCUT2D eigenvalue weighted by molar-refractivity contribution is 0.0846. The molecular formula is C20H14Cl2N4O3. The number of benzene rings is 2. The molecular weight excluding hydrogens is 415 g/mol. The van der Waals surface area contributed by atoms with Gasteiger partial charge in [-0.25, -0.2) is 0 Å². The third kappa shape index (κ3) is 5.54. The van der Waals surface area contributed by atoms with Crippen molar-refractivity contribution in [1.82, 2.24) is 15.8 Å². The zero-order valence-electron chi connectivity index (χ0n) is 14.8. The summed E-state index contributed by atoms with van der Waals surface area (Å²) < 4.78 is 0. The number of halogens is 2. The number of hydrogen-bond donors (Lipinski definition) is 3. The molecule has 9 heteroatoms. The van der Waals surface area contributed by atoms with Crippen LogP contribution in [0.4, 0.5) is 5.69 Å². The Morgan fingerprint density at radius 3 is 1.93 bits per heavy atom. The van der Waals surface area contributed by atoms with Gasteiger partial charge in [-0.2, -0.15) is 0 Å². The number of carbonyl (C=O) groups is 3. The molecule has 0 spiro atoms. The Morgan fingerprint density at radius 2 is 1.34 bits per heavy atom. The quantitative estimate of drug-likeness (QED) is 0.551. The smallest absolute Gasteiger partial charge is 0.271 e. The molecule has 3 rings (SSSR count). The van der Waals surface area contributed by atoms with Crippen LogP contribution in [0.15, 0.2) is 67.0 Å². The fraction of sp³-hybridized carbons (Fsp3) is 0. The van der Waals surface area contributed by atoms with Gasteiger partial charge in [0, 0.05) is 39.3 Å². The molecule has 1 heterocycles. The van der Waals surface area contributed by atoms with Crippen LogP contribution in [0, 0.1) is 0 Å². The minimum atomic E-state index is -0.512. The predicted molar refractivity (Wildman–Crippen MR) is 110 cm³/mol. The van der Waals surface area contributed by atoms with Gasteiger partial charge in [0.2, 0.25) is 0 Å². The van der Waals surface area contributed by atoms with Gasteiger partial charge in [0.1, 0.15) is 0 Å². The van der Waals surface area contributed by atoms with Gasteiger partial charge >= 0.3 is 0 Å². The monoisotopic (exact) mass is 428 g/mol. The number of nitrogens with zero attached hydrogens (tertiary/aromatic N) is 1. The van der Waals surface area contributed by atoms with Crippen molar-refractivity contribution in [2.45, 2.75) is 0 Å². The molecule has 0 aliphatic rings. The molecule has 0 radical (unpaired) electrons. The molecule has 3 amide bonds. The van der Waals surface area contributed by atoms with Gasteiger partial charge in [-0.05, 0) is 54.6 Å². The van der Waals surface area contributed by atoms with Gasteiger partial charge in [0.15, 0.2) is 0 Å². The number of hydrazine groups is 1.